The second kappa shape index (κ2) is 9.68. The first-order valence-electron chi connectivity index (χ1n) is 12.6. The molecule has 7 nitrogen and oxygen atoms in total. The number of hydrogen-bond donors (Lipinski definition) is 1. The summed E-state index contributed by atoms with van der Waals surface area (Å²) in [6.07, 6.45) is 1.08. The molecule has 1 amide bonds. The van der Waals surface area contributed by atoms with Gasteiger partial charge in [-0.3, -0.25) is 0 Å². The average Bonchev–Trinajstić information content (AvgIpc) is 2.75. The molecule has 1 aliphatic carbocycles. The number of benzene rings is 2. The Kier molecular flexibility index (Phi) is 6.95. The van der Waals surface area contributed by atoms with Crippen molar-refractivity contribution in [2.45, 2.75) is 64.7 Å². The number of carbonyl (C=O) groups excluding carboxylic acids is 2. The first-order chi connectivity index (χ1) is 17.0. The maximum Gasteiger partial charge on any atom is 0.410 e. The molecule has 0 unspecified atom stereocenters. The Labute approximate surface area is 214 Å². The molecule has 1 saturated carbocycles. The Balaban J connectivity index is 1.61. The molecule has 1 heterocycles. The highest BCUT2D eigenvalue weighted by molar-refractivity contribution is 5.87. The lowest BCUT2D eigenvalue weighted by molar-refractivity contribution is -0.166. The van der Waals surface area contributed by atoms with Gasteiger partial charge >= 0.3 is 12.1 Å². The third-order valence-corrected chi connectivity index (χ3v) is 7.00. The van der Waals surface area contributed by atoms with Gasteiger partial charge in [0.1, 0.15) is 11.4 Å². The van der Waals surface area contributed by atoms with E-state index in [4.69, 9.17) is 14.2 Å². The number of ether oxygens (including phenoxy) is 3. The molecule has 2 aromatic rings. The second-order valence-electron chi connectivity index (χ2n) is 11.4. The van der Waals surface area contributed by atoms with Crippen LogP contribution in [0.25, 0.3) is 0 Å². The summed E-state index contributed by atoms with van der Waals surface area (Å²) in [5, 5.41) is 3.58. The molecule has 4 rings (SSSR count). The van der Waals surface area contributed by atoms with Gasteiger partial charge in [0.05, 0.1) is 13.2 Å². The standard InChI is InChI=1S/C29H38N2O5/c1-20(2)35-25(32)29(21-10-8-7-9-11-21,30-23-12-14-24(34-6)15-13-23)22-16-28(17-22)18-31(19-28)26(33)36-27(3,4)5/h7-15,20,22,30H,16-19H2,1-6H3/t29-/m1/s1. The van der Waals surface area contributed by atoms with Crippen LogP contribution in [0.3, 0.4) is 0 Å². The van der Waals surface area contributed by atoms with Gasteiger partial charge in [0, 0.05) is 24.2 Å². The predicted octanol–water partition coefficient (Wildman–Crippen LogP) is 5.60. The summed E-state index contributed by atoms with van der Waals surface area (Å²) in [6, 6.07) is 17.4. The summed E-state index contributed by atoms with van der Waals surface area (Å²) in [5.74, 6) is 0.451. The van der Waals surface area contributed by atoms with Gasteiger partial charge in [0.25, 0.3) is 0 Å². The molecule has 2 aromatic carbocycles. The number of nitrogens with one attached hydrogen (secondary N) is 1. The van der Waals surface area contributed by atoms with Crippen molar-refractivity contribution in [3.05, 3.63) is 60.2 Å². The van der Waals surface area contributed by atoms with E-state index in [-0.39, 0.29) is 29.5 Å². The van der Waals surface area contributed by atoms with Crippen LogP contribution in [0, 0.1) is 11.3 Å². The van der Waals surface area contributed by atoms with Gasteiger partial charge in [-0.25, -0.2) is 9.59 Å². The zero-order valence-electron chi connectivity index (χ0n) is 22.2. The largest absolute Gasteiger partial charge is 0.497 e. The molecule has 1 saturated heterocycles. The molecule has 0 bridgehead atoms. The van der Waals surface area contributed by atoms with Crippen molar-refractivity contribution < 1.29 is 23.8 Å². The van der Waals surface area contributed by atoms with Crippen LogP contribution < -0.4 is 10.1 Å². The van der Waals surface area contributed by atoms with E-state index < -0.39 is 11.1 Å². The number of methoxy groups -OCH3 is 1. The number of anilines is 1. The third kappa shape index (κ3) is 5.15. The first kappa shape index (κ1) is 25.9. The van der Waals surface area contributed by atoms with E-state index in [2.05, 4.69) is 5.32 Å². The Morgan fingerprint density at radius 3 is 2.14 bits per heavy atom. The molecule has 36 heavy (non-hydrogen) atoms. The van der Waals surface area contributed by atoms with Crippen LogP contribution in [-0.4, -0.2) is 48.9 Å². The normalized spacial score (nSPS) is 18.6. The van der Waals surface area contributed by atoms with E-state index in [1.54, 1.807) is 12.0 Å². The highest BCUT2D eigenvalue weighted by Crippen LogP contribution is 2.58. The quantitative estimate of drug-likeness (QED) is 0.505. The van der Waals surface area contributed by atoms with Gasteiger partial charge < -0.3 is 24.4 Å². The highest BCUT2D eigenvalue weighted by Gasteiger charge is 2.63. The lowest BCUT2D eigenvalue weighted by Gasteiger charge is -2.62. The third-order valence-electron chi connectivity index (χ3n) is 7.00. The van der Waals surface area contributed by atoms with Gasteiger partial charge in [0.2, 0.25) is 0 Å². The molecule has 1 N–H and O–H groups in total. The van der Waals surface area contributed by atoms with E-state index in [1.165, 1.54) is 0 Å². The predicted molar refractivity (Wildman–Crippen MR) is 139 cm³/mol. The molecule has 1 spiro atoms. The molecule has 0 aromatic heterocycles. The molecule has 2 fully saturated rings. The van der Waals surface area contributed by atoms with Gasteiger partial charge in [0.15, 0.2) is 5.54 Å². The molecule has 7 heteroatoms. The zero-order chi connectivity index (χ0) is 26.1. The Morgan fingerprint density at radius 1 is 1.00 bits per heavy atom. The minimum atomic E-state index is -1.06. The van der Waals surface area contributed by atoms with Crippen LogP contribution in [0.5, 0.6) is 5.75 Å². The lowest BCUT2D eigenvalue weighted by Crippen LogP contribution is -2.68. The Bertz CT molecular complexity index is 1060. The van der Waals surface area contributed by atoms with Crippen molar-refractivity contribution in [3.8, 4) is 5.75 Å². The minimum Gasteiger partial charge on any atom is -0.497 e. The number of amides is 1. The molecule has 2 aliphatic rings. The maximum atomic E-state index is 13.9. The van der Waals surface area contributed by atoms with Crippen LogP contribution in [0.2, 0.25) is 0 Å². The number of nitrogens with zero attached hydrogens (tertiary/aromatic N) is 1. The van der Waals surface area contributed by atoms with Gasteiger partial charge in [-0.05, 0) is 83.2 Å². The summed E-state index contributed by atoms with van der Waals surface area (Å²) in [4.78, 5) is 28.1. The minimum absolute atomic E-state index is 0.00129. The number of hydrogen-bond acceptors (Lipinski definition) is 6. The van der Waals surface area contributed by atoms with Crippen molar-refractivity contribution in [3.63, 3.8) is 0 Å². The molecular weight excluding hydrogens is 456 g/mol. The monoisotopic (exact) mass is 494 g/mol. The second-order valence-corrected chi connectivity index (χ2v) is 11.4. The Morgan fingerprint density at radius 2 is 1.61 bits per heavy atom. The fraction of sp³-hybridized carbons (Fsp3) is 0.517. The summed E-state index contributed by atoms with van der Waals surface area (Å²) >= 11 is 0. The van der Waals surface area contributed by atoms with Crippen LogP contribution in [0.15, 0.2) is 54.6 Å². The molecular formula is C29H38N2O5. The topological polar surface area (TPSA) is 77.1 Å². The highest BCUT2D eigenvalue weighted by atomic mass is 16.6. The first-order valence-corrected chi connectivity index (χ1v) is 12.6. The number of likely N-dealkylation sites (tertiary alicyclic amines) is 1. The van der Waals surface area contributed by atoms with E-state index in [1.807, 2.05) is 89.2 Å². The van der Waals surface area contributed by atoms with E-state index in [0.29, 0.717) is 13.1 Å². The van der Waals surface area contributed by atoms with Crippen molar-refractivity contribution in [2.75, 3.05) is 25.5 Å². The summed E-state index contributed by atoms with van der Waals surface area (Å²) < 4.78 is 16.7. The van der Waals surface area contributed by atoms with Gasteiger partial charge in [-0.15, -0.1) is 0 Å². The van der Waals surface area contributed by atoms with Gasteiger partial charge in [-0.1, -0.05) is 30.3 Å². The lowest BCUT2D eigenvalue weighted by atomic mass is 9.51. The summed E-state index contributed by atoms with van der Waals surface area (Å²) in [6.45, 7) is 10.6. The SMILES string of the molecule is COc1ccc(N[C@](C(=O)OC(C)C)(c2ccccc2)C2CC3(C2)CN(C(=O)OC(C)(C)C)C3)cc1. The smallest absolute Gasteiger partial charge is 0.410 e. The molecule has 0 radical (unpaired) electrons. The van der Waals surface area contributed by atoms with Crippen molar-refractivity contribution in [2.24, 2.45) is 11.3 Å². The van der Waals surface area contributed by atoms with Crippen molar-refractivity contribution in [1.29, 1.82) is 0 Å². The van der Waals surface area contributed by atoms with Crippen LogP contribution >= 0.6 is 0 Å². The fourth-order valence-electron chi connectivity index (χ4n) is 5.42. The van der Waals surface area contributed by atoms with Crippen molar-refractivity contribution >= 4 is 17.7 Å². The fourth-order valence-corrected chi connectivity index (χ4v) is 5.42. The summed E-state index contributed by atoms with van der Waals surface area (Å²) in [5.41, 5.74) is 0.103. The Hall–Kier alpha value is -3.22. The number of rotatable bonds is 7. The van der Waals surface area contributed by atoms with Crippen molar-refractivity contribution in [1.82, 2.24) is 4.90 Å². The molecule has 1 aliphatic heterocycles. The van der Waals surface area contributed by atoms with E-state index in [9.17, 15) is 9.59 Å². The summed E-state index contributed by atoms with van der Waals surface area (Å²) in [7, 11) is 1.63. The average molecular weight is 495 g/mol. The van der Waals surface area contributed by atoms with Crippen LogP contribution in [0.4, 0.5) is 10.5 Å². The van der Waals surface area contributed by atoms with Crippen LogP contribution in [-0.2, 0) is 19.8 Å². The van der Waals surface area contributed by atoms with E-state index >= 15 is 0 Å². The molecule has 194 valence electrons. The van der Waals surface area contributed by atoms with E-state index in [0.717, 1.165) is 29.8 Å². The number of carbonyl (C=O) groups is 2. The molecule has 1 atom stereocenters. The van der Waals surface area contributed by atoms with Gasteiger partial charge in [-0.2, -0.15) is 0 Å². The van der Waals surface area contributed by atoms with Crippen LogP contribution in [0.1, 0.15) is 53.0 Å². The maximum absolute atomic E-state index is 13.9. The zero-order valence-corrected chi connectivity index (χ0v) is 22.2. The number of esters is 1.